The van der Waals surface area contributed by atoms with E-state index in [0.29, 0.717) is 11.1 Å². The number of hydrogen-bond donors (Lipinski definition) is 1. The lowest BCUT2D eigenvalue weighted by atomic mass is 10.0. The molecule has 100 valence electrons. The van der Waals surface area contributed by atoms with Gasteiger partial charge in [-0.15, -0.1) is 0 Å². The maximum Gasteiger partial charge on any atom is 0.338 e. The highest BCUT2D eigenvalue weighted by atomic mass is 16.6. The molecule has 0 spiro atoms. The number of nitrogens with zero attached hydrogens (tertiary/aromatic N) is 1. The number of non-ortho nitro benzene ring substituents is 1. The number of nitro benzene ring substituents is 1. The summed E-state index contributed by atoms with van der Waals surface area (Å²) in [7, 11) is 1.21. The zero-order valence-corrected chi connectivity index (χ0v) is 10.6. The molecular weight excluding hydrogens is 250 g/mol. The molecule has 0 aliphatic rings. The van der Waals surface area contributed by atoms with Gasteiger partial charge >= 0.3 is 5.97 Å². The fourth-order valence-electron chi connectivity index (χ4n) is 1.47. The lowest BCUT2D eigenvalue weighted by Crippen LogP contribution is -2.06. The van der Waals surface area contributed by atoms with Crippen LogP contribution in [0.5, 0.6) is 0 Å². The van der Waals surface area contributed by atoms with Gasteiger partial charge in [0.15, 0.2) is 0 Å². The van der Waals surface area contributed by atoms with Gasteiger partial charge in [0.05, 0.1) is 24.2 Å². The summed E-state index contributed by atoms with van der Waals surface area (Å²) in [4.78, 5) is 21.8. The van der Waals surface area contributed by atoms with Crippen molar-refractivity contribution in [2.24, 2.45) is 0 Å². The van der Waals surface area contributed by atoms with E-state index >= 15 is 0 Å². The number of carbonyl (C=O) groups is 1. The minimum atomic E-state index is -0.647. The Bertz CT molecular complexity index is 568. The minimum Gasteiger partial charge on any atom is -0.465 e. The van der Waals surface area contributed by atoms with Gasteiger partial charge in [0.2, 0.25) is 0 Å². The highest BCUT2D eigenvalue weighted by Gasteiger charge is 2.18. The second-order valence-corrected chi connectivity index (χ2v) is 3.69. The molecule has 0 heterocycles. The van der Waals surface area contributed by atoms with Crippen LogP contribution in [0.3, 0.4) is 0 Å². The monoisotopic (exact) mass is 263 g/mol. The number of hydrogen-bond acceptors (Lipinski definition) is 5. The second kappa shape index (κ2) is 6.52. The van der Waals surface area contributed by atoms with Gasteiger partial charge in [-0.3, -0.25) is 10.1 Å². The molecule has 0 unspecified atom stereocenters. The number of aliphatic hydroxyl groups excluding tert-OH is 1. The van der Waals surface area contributed by atoms with Crippen LogP contribution in [0.15, 0.2) is 12.1 Å². The number of esters is 1. The second-order valence-electron chi connectivity index (χ2n) is 3.69. The maximum atomic E-state index is 11.6. The third-order valence-electron chi connectivity index (χ3n) is 2.47. The molecule has 19 heavy (non-hydrogen) atoms. The van der Waals surface area contributed by atoms with Gasteiger partial charge in [-0.2, -0.15) is 0 Å². The number of nitro groups is 1. The van der Waals surface area contributed by atoms with Gasteiger partial charge in [-0.1, -0.05) is 11.8 Å². The summed E-state index contributed by atoms with van der Waals surface area (Å²) in [5.41, 5.74) is 0.787. The van der Waals surface area contributed by atoms with Crippen molar-refractivity contribution in [3.8, 4) is 11.8 Å². The molecule has 1 aromatic carbocycles. The van der Waals surface area contributed by atoms with Gasteiger partial charge in [-0.25, -0.2) is 4.79 Å². The van der Waals surface area contributed by atoms with Crippen molar-refractivity contribution in [2.75, 3.05) is 13.7 Å². The maximum absolute atomic E-state index is 11.6. The average molecular weight is 263 g/mol. The lowest BCUT2D eigenvalue weighted by Gasteiger charge is -2.06. The molecule has 0 aliphatic heterocycles. The van der Waals surface area contributed by atoms with Crippen molar-refractivity contribution in [3.05, 3.63) is 38.9 Å². The van der Waals surface area contributed by atoms with Crippen molar-refractivity contribution in [3.63, 3.8) is 0 Å². The Balaban J connectivity index is 3.38. The van der Waals surface area contributed by atoms with Gasteiger partial charge in [0.25, 0.3) is 5.69 Å². The molecule has 0 radical (unpaired) electrons. The Kier molecular flexibility index (Phi) is 5.03. The zero-order valence-electron chi connectivity index (χ0n) is 10.6. The molecular formula is C13H13NO5. The minimum absolute atomic E-state index is 0.0924. The van der Waals surface area contributed by atoms with E-state index in [1.54, 1.807) is 6.92 Å². The molecule has 0 aromatic heterocycles. The quantitative estimate of drug-likeness (QED) is 0.385. The summed E-state index contributed by atoms with van der Waals surface area (Å²) in [6.45, 7) is 1.55. The van der Waals surface area contributed by atoms with Gasteiger partial charge in [-0.05, 0) is 12.5 Å². The first-order valence-corrected chi connectivity index (χ1v) is 5.48. The Morgan fingerprint density at radius 1 is 1.53 bits per heavy atom. The van der Waals surface area contributed by atoms with Crippen molar-refractivity contribution in [1.29, 1.82) is 0 Å². The average Bonchev–Trinajstić information content (AvgIpc) is 2.39. The van der Waals surface area contributed by atoms with E-state index in [-0.39, 0.29) is 24.3 Å². The summed E-state index contributed by atoms with van der Waals surface area (Å²) in [6.07, 6.45) is 0.260. The molecule has 0 saturated heterocycles. The summed E-state index contributed by atoms with van der Waals surface area (Å²) in [5, 5.41) is 19.5. The van der Waals surface area contributed by atoms with Crippen LogP contribution in [0.4, 0.5) is 5.69 Å². The Hall–Kier alpha value is -2.39. The van der Waals surface area contributed by atoms with Gasteiger partial charge in [0, 0.05) is 24.1 Å². The van der Waals surface area contributed by atoms with E-state index in [9.17, 15) is 14.9 Å². The van der Waals surface area contributed by atoms with Crippen molar-refractivity contribution >= 4 is 11.7 Å². The molecule has 0 saturated carbocycles. The summed E-state index contributed by atoms with van der Waals surface area (Å²) in [6, 6.07) is 2.46. The summed E-state index contributed by atoms with van der Waals surface area (Å²) in [5.74, 6) is 4.73. The summed E-state index contributed by atoms with van der Waals surface area (Å²) >= 11 is 0. The van der Waals surface area contributed by atoms with Crippen LogP contribution in [-0.2, 0) is 4.74 Å². The smallest absolute Gasteiger partial charge is 0.338 e. The van der Waals surface area contributed by atoms with E-state index in [1.165, 1.54) is 19.2 Å². The first-order chi connectivity index (χ1) is 9.01. The fraction of sp³-hybridized carbons (Fsp3) is 0.308. The van der Waals surface area contributed by atoms with Crippen LogP contribution in [0.25, 0.3) is 0 Å². The highest BCUT2D eigenvalue weighted by Crippen LogP contribution is 2.22. The van der Waals surface area contributed by atoms with E-state index in [2.05, 4.69) is 16.6 Å². The normalized spacial score (nSPS) is 9.42. The number of carbonyl (C=O) groups excluding carboxylic acids is 1. The van der Waals surface area contributed by atoms with Crippen molar-refractivity contribution < 1.29 is 19.6 Å². The number of benzene rings is 1. The Labute approximate surface area is 110 Å². The number of methoxy groups -OCH3 is 1. The number of ether oxygens (including phenoxy) is 1. The molecule has 0 aliphatic carbocycles. The molecule has 0 fully saturated rings. The van der Waals surface area contributed by atoms with E-state index < -0.39 is 10.9 Å². The zero-order chi connectivity index (χ0) is 14.4. The van der Waals surface area contributed by atoms with E-state index in [0.717, 1.165) is 0 Å². The third kappa shape index (κ3) is 3.53. The predicted octanol–water partition coefficient (Wildman–Crippen LogP) is 1.42. The Morgan fingerprint density at radius 2 is 2.21 bits per heavy atom. The fourth-order valence-corrected chi connectivity index (χ4v) is 1.47. The van der Waals surface area contributed by atoms with Gasteiger partial charge < -0.3 is 9.84 Å². The third-order valence-corrected chi connectivity index (χ3v) is 2.47. The molecule has 1 rings (SSSR count). The molecule has 0 amide bonds. The van der Waals surface area contributed by atoms with Crippen LogP contribution in [0, 0.1) is 28.9 Å². The molecule has 6 heteroatoms. The van der Waals surface area contributed by atoms with Crippen LogP contribution in [0.1, 0.15) is 27.9 Å². The molecule has 1 N–H and O–H groups in total. The number of aliphatic hydroxyl groups is 1. The largest absolute Gasteiger partial charge is 0.465 e. The lowest BCUT2D eigenvalue weighted by molar-refractivity contribution is -0.384. The number of rotatable bonds is 3. The first kappa shape index (κ1) is 14.7. The van der Waals surface area contributed by atoms with Crippen LogP contribution >= 0.6 is 0 Å². The molecule has 6 nitrogen and oxygen atoms in total. The van der Waals surface area contributed by atoms with Gasteiger partial charge in [0.1, 0.15) is 0 Å². The van der Waals surface area contributed by atoms with Crippen LogP contribution < -0.4 is 0 Å². The van der Waals surface area contributed by atoms with E-state index in [4.69, 9.17) is 5.11 Å². The van der Waals surface area contributed by atoms with Crippen LogP contribution in [0.2, 0.25) is 0 Å². The summed E-state index contributed by atoms with van der Waals surface area (Å²) < 4.78 is 4.58. The van der Waals surface area contributed by atoms with Crippen molar-refractivity contribution in [1.82, 2.24) is 0 Å². The van der Waals surface area contributed by atoms with Crippen LogP contribution in [-0.4, -0.2) is 29.7 Å². The molecule has 0 bridgehead atoms. The molecule has 0 atom stereocenters. The first-order valence-electron chi connectivity index (χ1n) is 5.48. The molecule has 1 aromatic rings. The predicted molar refractivity (Wildman–Crippen MR) is 67.8 cm³/mol. The van der Waals surface area contributed by atoms with E-state index in [1.807, 2.05) is 0 Å². The SMILES string of the molecule is COC(=O)c1cc([N+](=O)[O-])cc(C#CCCO)c1C. The topological polar surface area (TPSA) is 89.7 Å². The highest BCUT2D eigenvalue weighted by molar-refractivity contribution is 5.92. The van der Waals surface area contributed by atoms with Crippen molar-refractivity contribution in [2.45, 2.75) is 13.3 Å². The standard InChI is InChI=1S/C13H13NO5/c1-9-10(5-3-4-6-15)7-11(14(17)18)8-12(9)13(16)19-2/h7-8,15H,4,6H2,1-2H3. The Morgan fingerprint density at radius 3 is 2.74 bits per heavy atom.